The number of ketones is 1. The molecular formula is C17H19ClN4O. The van der Waals surface area contributed by atoms with Crippen LogP contribution in [0.1, 0.15) is 27.7 Å². The summed E-state index contributed by atoms with van der Waals surface area (Å²) >= 11 is 5.52. The Morgan fingerprint density at radius 2 is 1.87 bits per heavy atom. The van der Waals surface area contributed by atoms with Crippen LogP contribution in [0.2, 0.25) is 5.28 Å². The van der Waals surface area contributed by atoms with E-state index < -0.39 is 0 Å². The van der Waals surface area contributed by atoms with E-state index in [1.165, 1.54) is 12.4 Å². The maximum atomic E-state index is 10.6. The van der Waals surface area contributed by atoms with E-state index in [1.54, 1.807) is 6.92 Å². The average Bonchev–Trinajstić information content (AvgIpc) is 2.57. The highest BCUT2D eigenvalue weighted by atomic mass is 35.5. The van der Waals surface area contributed by atoms with Gasteiger partial charge in [-0.05, 0) is 24.1 Å². The summed E-state index contributed by atoms with van der Waals surface area (Å²) in [5.74, 6) is 0.214. The van der Waals surface area contributed by atoms with Gasteiger partial charge in [-0.25, -0.2) is 15.0 Å². The molecule has 0 fully saturated rings. The number of benzene rings is 1. The molecule has 3 aromatic rings. The second-order valence-electron chi connectivity index (χ2n) is 4.21. The lowest BCUT2D eigenvalue weighted by Crippen LogP contribution is -1.94. The molecule has 2 aromatic heterocycles. The molecule has 0 radical (unpaired) electrons. The summed E-state index contributed by atoms with van der Waals surface area (Å²) in [6, 6.07) is 9.75. The van der Waals surface area contributed by atoms with Crippen LogP contribution in [0.4, 0.5) is 0 Å². The highest BCUT2D eigenvalue weighted by molar-refractivity contribution is 6.28. The molecule has 0 saturated heterocycles. The van der Waals surface area contributed by atoms with Gasteiger partial charge in [-0.1, -0.05) is 44.2 Å². The Bertz CT molecular complexity index is 747. The van der Waals surface area contributed by atoms with Crippen molar-refractivity contribution in [3.8, 4) is 0 Å². The first-order chi connectivity index (χ1) is 11.5. The molecule has 3 rings (SSSR count). The Balaban J connectivity index is 0.000000221. The lowest BCUT2D eigenvalue weighted by Gasteiger charge is -1.93. The standard InChI is InChI=1S/C9H10O.C6H3ClN4.C2H6/c1-8(10)7-9-5-3-2-4-6-9;7-6-10-3-4-5(11-6)9-2-1-8-4;1-2/h2-6H,7H2,1H3;1-3H;1-2H3/i;2D;. The molecule has 0 spiro atoms. The lowest BCUT2D eigenvalue weighted by molar-refractivity contribution is -0.116. The molecule has 120 valence electrons. The second-order valence-corrected chi connectivity index (χ2v) is 4.55. The predicted octanol–water partition coefficient (Wildman–Crippen LogP) is 3.92. The van der Waals surface area contributed by atoms with Crippen molar-refractivity contribution in [1.82, 2.24) is 19.9 Å². The van der Waals surface area contributed by atoms with E-state index >= 15 is 0 Å². The summed E-state index contributed by atoms with van der Waals surface area (Å²) in [4.78, 5) is 25.8. The number of carbonyl (C=O) groups is 1. The Hall–Kier alpha value is -2.40. The summed E-state index contributed by atoms with van der Waals surface area (Å²) in [6.07, 6.45) is 3.43. The van der Waals surface area contributed by atoms with Gasteiger partial charge in [-0.2, -0.15) is 4.98 Å². The van der Waals surface area contributed by atoms with Crippen molar-refractivity contribution in [2.45, 2.75) is 27.2 Å². The fraction of sp³-hybridized carbons (Fsp3) is 0.235. The van der Waals surface area contributed by atoms with Gasteiger partial charge in [0, 0.05) is 18.8 Å². The first-order valence-electron chi connectivity index (χ1n) is 7.70. The Morgan fingerprint density at radius 1 is 1.17 bits per heavy atom. The smallest absolute Gasteiger partial charge is 0.224 e. The lowest BCUT2D eigenvalue weighted by atomic mass is 10.1. The fourth-order valence-corrected chi connectivity index (χ4v) is 1.72. The molecule has 0 saturated carbocycles. The van der Waals surface area contributed by atoms with Crippen molar-refractivity contribution >= 4 is 28.5 Å². The van der Waals surface area contributed by atoms with Gasteiger partial charge in [0.25, 0.3) is 0 Å². The van der Waals surface area contributed by atoms with Crippen LogP contribution in [-0.2, 0) is 11.2 Å². The van der Waals surface area contributed by atoms with Crippen molar-refractivity contribution in [2.75, 3.05) is 0 Å². The SMILES string of the molecule is CC.CC(=O)Cc1ccccc1.[2H]c1cnc2cnc(Cl)nc2n1. The van der Waals surface area contributed by atoms with Gasteiger partial charge in [0.1, 0.15) is 11.3 Å². The number of rotatable bonds is 2. The van der Waals surface area contributed by atoms with Gasteiger partial charge in [-0.15, -0.1) is 0 Å². The summed E-state index contributed by atoms with van der Waals surface area (Å²) in [6.45, 7) is 5.60. The molecule has 0 atom stereocenters. The fourth-order valence-electron chi connectivity index (χ4n) is 1.59. The van der Waals surface area contributed by atoms with Gasteiger partial charge in [0.05, 0.1) is 7.57 Å². The molecule has 0 amide bonds. The van der Waals surface area contributed by atoms with Crippen LogP contribution in [0.3, 0.4) is 0 Å². The Labute approximate surface area is 142 Å². The monoisotopic (exact) mass is 331 g/mol. The molecule has 0 N–H and O–H groups in total. The van der Waals surface area contributed by atoms with Gasteiger partial charge in [0.15, 0.2) is 5.65 Å². The summed E-state index contributed by atoms with van der Waals surface area (Å²) in [7, 11) is 0. The largest absolute Gasteiger partial charge is 0.300 e. The minimum atomic E-state index is 0.0669. The van der Waals surface area contributed by atoms with Gasteiger partial charge in [-0.3, -0.25) is 4.79 Å². The molecule has 2 heterocycles. The van der Waals surface area contributed by atoms with E-state index in [0.717, 1.165) is 5.56 Å². The Morgan fingerprint density at radius 3 is 2.52 bits per heavy atom. The average molecular weight is 332 g/mol. The molecule has 5 nitrogen and oxygen atoms in total. The first kappa shape index (κ1) is 17.0. The van der Waals surface area contributed by atoms with Crippen LogP contribution < -0.4 is 0 Å². The first-order valence-corrected chi connectivity index (χ1v) is 7.57. The van der Waals surface area contributed by atoms with Crippen molar-refractivity contribution in [3.05, 3.63) is 59.7 Å². The number of halogens is 1. The van der Waals surface area contributed by atoms with E-state index in [0.29, 0.717) is 17.6 Å². The molecule has 6 heteroatoms. The van der Waals surface area contributed by atoms with Crippen molar-refractivity contribution in [1.29, 1.82) is 0 Å². The predicted molar refractivity (Wildman–Crippen MR) is 92.3 cm³/mol. The maximum absolute atomic E-state index is 10.6. The summed E-state index contributed by atoms with van der Waals surface area (Å²) < 4.78 is 7.17. The molecule has 1 aromatic carbocycles. The van der Waals surface area contributed by atoms with Gasteiger partial charge < -0.3 is 0 Å². The van der Waals surface area contributed by atoms with E-state index in [1.807, 2.05) is 44.2 Å². The van der Waals surface area contributed by atoms with Crippen molar-refractivity contribution < 1.29 is 6.17 Å². The Kier molecular flexibility index (Phi) is 7.63. The molecule has 0 unspecified atom stereocenters. The summed E-state index contributed by atoms with van der Waals surface area (Å²) in [5, 5.41) is 0.113. The van der Waals surface area contributed by atoms with Gasteiger partial charge in [0.2, 0.25) is 5.28 Å². The van der Waals surface area contributed by atoms with Crippen LogP contribution in [-0.4, -0.2) is 25.7 Å². The quantitative estimate of drug-likeness (QED) is 0.666. The van der Waals surface area contributed by atoms with E-state index in [4.69, 9.17) is 13.0 Å². The van der Waals surface area contributed by atoms with Crippen LogP contribution in [0.25, 0.3) is 11.2 Å². The molecular weight excluding hydrogens is 312 g/mol. The second kappa shape index (κ2) is 10.3. The molecule has 0 aliphatic carbocycles. The van der Waals surface area contributed by atoms with E-state index in [2.05, 4.69) is 19.9 Å². The molecule has 0 aliphatic heterocycles. The van der Waals surface area contributed by atoms with Crippen LogP contribution in [0.5, 0.6) is 0 Å². The zero-order chi connectivity index (χ0) is 17.9. The number of hydrogen-bond donors (Lipinski definition) is 0. The maximum Gasteiger partial charge on any atom is 0.224 e. The van der Waals surface area contributed by atoms with Crippen LogP contribution in [0, 0.1) is 0 Å². The van der Waals surface area contributed by atoms with Crippen LogP contribution >= 0.6 is 11.6 Å². The highest BCUT2D eigenvalue weighted by Gasteiger charge is 1.96. The number of hydrogen-bond acceptors (Lipinski definition) is 5. The minimum absolute atomic E-state index is 0.0669. The molecule has 0 bridgehead atoms. The zero-order valence-corrected chi connectivity index (χ0v) is 14.1. The third-order valence-corrected chi connectivity index (χ3v) is 2.63. The third kappa shape index (κ3) is 6.93. The van der Waals surface area contributed by atoms with Crippen LogP contribution in [0.15, 0.2) is 48.9 Å². The van der Waals surface area contributed by atoms with Gasteiger partial charge >= 0.3 is 0 Å². The minimum Gasteiger partial charge on any atom is -0.300 e. The highest BCUT2D eigenvalue weighted by Crippen LogP contribution is 2.05. The number of carbonyl (C=O) groups excluding carboxylic acids is 1. The number of nitrogens with zero attached hydrogens (tertiary/aromatic N) is 4. The third-order valence-electron chi connectivity index (χ3n) is 2.45. The summed E-state index contributed by atoms with van der Waals surface area (Å²) in [5.41, 5.74) is 1.98. The van der Waals surface area contributed by atoms with Crippen molar-refractivity contribution in [3.63, 3.8) is 0 Å². The normalized spacial score (nSPS) is 9.83. The molecule has 0 aliphatic rings. The topological polar surface area (TPSA) is 68.6 Å². The number of fused-ring (bicyclic) bond motifs is 1. The number of aromatic nitrogens is 4. The van der Waals surface area contributed by atoms with E-state index in [9.17, 15) is 4.79 Å². The molecule has 23 heavy (non-hydrogen) atoms. The van der Waals surface area contributed by atoms with E-state index in [-0.39, 0.29) is 17.2 Å². The van der Waals surface area contributed by atoms with Crippen molar-refractivity contribution in [2.24, 2.45) is 0 Å². The zero-order valence-electron chi connectivity index (χ0n) is 14.3. The number of Topliss-reactive ketones (excluding diaryl/α,β-unsaturated/α-hetero) is 1.